The highest BCUT2D eigenvalue weighted by atomic mass is 35.5. The summed E-state index contributed by atoms with van der Waals surface area (Å²) in [5.41, 5.74) is 2.94. The minimum Gasteiger partial charge on any atom is -1.00 e. The van der Waals surface area contributed by atoms with E-state index in [1.54, 1.807) is 0 Å². The van der Waals surface area contributed by atoms with E-state index >= 15 is 0 Å². The maximum absolute atomic E-state index is 3.75. The molecule has 0 aromatic rings. The van der Waals surface area contributed by atoms with E-state index in [9.17, 15) is 0 Å². The molecule has 1 nitrogen and oxygen atoms in total. The predicted octanol–water partition coefficient (Wildman–Crippen LogP) is 0.433. The Morgan fingerprint density at radius 1 is 1.19 bits per heavy atom. The topological polar surface area (TPSA) is 0 Å². The van der Waals surface area contributed by atoms with E-state index in [1.165, 1.54) is 17.6 Å². The van der Waals surface area contributed by atoms with Gasteiger partial charge in [-0.15, -0.1) is 0 Å². The molecule has 0 fully saturated rings. The number of nitrogens with zero attached hydrogens (tertiary/aromatic N) is 1. The van der Waals surface area contributed by atoms with Gasteiger partial charge in [0.05, 0.1) is 26.3 Å². The lowest BCUT2D eigenvalue weighted by Gasteiger charge is -2.26. The van der Waals surface area contributed by atoms with Crippen molar-refractivity contribution in [1.82, 2.24) is 0 Å². The van der Waals surface area contributed by atoms with Crippen LogP contribution >= 0.6 is 0 Å². The Balaban J connectivity index is 0.000000265. The lowest BCUT2D eigenvalue weighted by Crippen LogP contribution is -3.00. The van der Waals surface area contributed by atoms with Crippen molar-refractivity contribution in [1.29, 1.82) is 0 Å². The molecule has 16 heavy (non-hydrogen) atoms. The van der Waals surface area contributed by atoms with Crippen LogP contribution in [-0.4, -0.2) is 24.6 Å². The van der Waals surface area contributed by atoms with Crippen LogP contribution in [0.15, 0.2) is 48.2 Å². The SMILES string of the molecule is C1=CC2=CC=C1C2.C=C[N+](C)(CC)CC.[Cl-]. The van der Waals surface area contributed by atoms with Gasteiger partial charge in [0.2, 0.25) is 0 Å². The van der Waals surface area contributed by atoms with E-state index in [4.69, 9.17) is 0 Å². The van der Waals surface area contributed by atoms with Crippen molar-refractivity contribution in [2.75, 3.05) is 20.1 Å². The van der Waals surface area contributed by atoms with Crippen molar-refractivity contribution in [3.63, 3.8) is 0 Å². The Morgan fingerprint density at radius 3 is 1.69 bits per heavy atom. The third-order valence-corrected chi connectivity index (χ3v) is 3.32. The number of rotatable bonds is 3. The summed E-state index contributed by atoms with van der Waals surface area (Å²) in [5.74, 6) is 0. The van der Waals surface area contributed by atoms with Crippen LogP contribution in [0.2, 0.25) is 0 Å². The molecule has 0 saturated heterocycles. The molecular formula is C14H22ClN. The van der Waals surface area contributed by atoms with Gasteiger partial charge in [0.15, 0.2) is 0 Å². The second-order valence-corrected chi connectivity index (χ2v) is 4.29. The van der Waals surface area contributed by atoms with Gasteiger partial charge >= 0.3 is 0 Å². The van der Waals surface area contributed by atoms with Crippen LogP contribution in [0, 0.1) is 0 Å². The summed E-state index contributed by atoms with van der Waals surface area (Å²) < 4.78 is 0.972. The average Bonchev–Trinajstić information content (AvgIpc) is 2.93. The fraction of sp³-hybridized carbons (Fsp3) is 0.429. The molecule has 0 aromatic heterocycles. The first-order chi connectivity index (χ1) is 7.13. The van der Waals surface area contributed by atoms with Gasteiger partial charge in [0.1, 0.15) is 0 Å². The zero-order chi connectivity index (χ0) is 11.3. The quantitative estimate of drug-likeness (QED) is 0.627. The molecule has 0 amide bonds. The van der Waals surface area contributed by atoms with Gasteiger partial charge in [0.25, 0.3) is 0 Å². The number of hydrogen-bond acceptors (Lipinski definition) is 0. The second-order valence-electron chi connectivity index (χ2n) is 4.29. The Hall–Kier alpha value is -0.790. The largest absolute Gasteiger partial charge is 1.00 e. The fourth-order valence-corrected chi connectivity index (χ4v) is 1.49. The van der Waals surface area contributed by atoms with Crippen molar-refractivity contribution < 1.29 is 16.9 Å². The first-order valence-corrected chi connectivity index (χ1v) is 5.69. The van der Waals surface area contributed by atoms with Crippen LogP contribution < -0.4 is 12.4 Å². The van der Waals surface area contributed by atoms with Crippen LogP contribution in [0.5, 0.6) is 0 Å². The minimum atomic E-state index is 0. The van der Waals surface area contributed by atoms with Crippen LogP contribution in [0.4, 0.5) is 0 Å². The maximum atomic E-state index is 3.75. The molecule has 2 aliphatic carbocycles. The number of fused-ring (bicyclic) bond motifs is 2. The second kappa shape index (κ2) is 6.72. The predicted molar refractivity (Wildman–Crippen MR) is 67.4 cm³/mol. The first kappa shape index (κ1) is 15.2. The Kier molecular flexibility index (Phi) is 6.39. The Labute approximate surface area is 106 Å². The Morgan fingerprint density at radius 2 is 1.62 bits per heavy atom. The minimum absolute atomic E-state index is 0. The molecule has 90 valence electrons. The average molecular weight is 240 g/mol. The molecular weight excluding hydrogens is 218 g/mol. The van der Waals surface area contributed by atoms with E-state index in [-0.39, 0.29) is 12.4 Å². The maximum Gasteiger partial charge on any atom is 0.0883 e. The van der Waals surface area contributed by atoms with Crippen LogP contribution in [0.3, 0.4) is 0 Å². The molecule has 2 heteroatoms. The van der Waals surface area contributed by atoms with Crippen molar-refractivity contribution in [2.45, 2.75) is 20.3 Å². The van der Waals surface area contributed by atoms with Gasteiger partial charge in [-0.2, -0.15) is 0 Å². The number of halogens is 1. The molecule has 0 atom stereocenters. The lowest BCUT2D eigenvalue weighted by molar-refractivity contribution is -0.855. The first-order valence-electron chi connectivity index (χ1n) is 5.69. The van der Waals surface area contributed by atoms with Gasteiger partial charge in [-0.25, -0.2) is 0 Å². The Bertz CT molecular complexity index is 300. The lowest BCUT2D eigenvalue weighted by atomic mass is 10.3. The molecule has 0 heterocycles. The molecule has 0 spiro atoms. The zero-order valence-corrected chi connectivity index (χ0v) is 11.3. The zero-order valence-electron chi connectivity index (χ0n) is 10.5. The third-order valence-electron chi connectivity index (χ3n) is 3.32. The van der Waals surface area contributed by atoms with E-state index in [1.807, 2.05) is 6.20 Å². The van der Waals surface area contributed by atoms with Gasteiger partial charge in [-0.1, -0.05) is 24.3 Å². The number of quaternary nitrogens is 1. The van der Waals surface area contributed by atoms with E-state index in [2.05, 4.69) is 51.8 Å². The standard InChI is InChI=1S/C7H16N.C7H6.ClH/c1-5-8(4,6-2)7-3;1-2-7-4-3-6(1)5-7;/h5H,1,6-7H2,2-4H3;1-4H,5H2;1H/q+1;;/p-1. The summed E-state index contributed by atoms with van der Waals surface area (Å²) in [5, 5.41) is 0. The van der Waals surface area contributed by atoms with Gasteiger partial charge in [-0.05, 0) is 38.0 Å². The highest BCUT2D eigenvalue weighted by Crippen LogP contribution is 2.27. The molecule has 2 bridgehead atoms. The van der Waals surface area contributed by atoms with Crippen molar-refractivity contribution in [3.8, 4) is 0 Å². The van der Waals surface area contributed by atoms with Crippen LogP contribution in [0.1, 0.15) is 20.3 Å². The smallest absolute Gasteiger partial charge is 0.0883 e. The van der Waals surface area contributed by atoms with Gasteiger partial charge in [-0.3, -0.25) is 0 Å². The normalized spacial score (nSPS) is 15.7. The molecule has 0 aromatic carbocycles. The molecule has 0 saturated carbocycles. The summed E-state index contributed by atoms with van der Waals surface area (Å²) in [6, 6.07) is 0. The summed E-state index contributed by atoms with van der Waals surface area (Å²) in [4.78, 5) is 0. The summed E-state index contributed by atoms with van der Waals surface area (Å²) in [6.45, 7) is 10.4. The van der Waals surface area contributed by atoms with E-state index in [0.717, 1.165) is 17.6 Å². The molecule has 0 aliphatic heterocycles. The van der Waals surface area contributed by atoms with Crippen LogP contribution in [0.25, 0.3) is 0 Å². The van der Waals surface area contributed by atoms with Crippen molar-refractivity contribution in [3.05, 3.63) is 48.2 Å². The van der Waals surface area contributed by atoms with Gasteiger partial charge < -0.3 is 16.9 Å². The summed E-state index contributed by atoms with van der Waals surface area (Å²) in [6.07, 6.45) is 11.9. The summed E-state index contributed by atoms with van der Waals surface area (Å²) in [7, 11) is 2.17. The van der Waals surface area contributed by atoms with Crippen molar-refractivity contribution in [2.24, 2.45) is 0 Å². The van der Waals surface area contributed by atoms with E-state index in [0.29, 0.717) is 0 Å². The highest BCUT2D eigenvalue weighted by molar-refractivity contribution is 5.49. The summed E-state index contributed by atoms with van der Waals surface area (Å²) >= 11 is 0. The van der Waals surface area contributed by atoms with Crippen LogP contribution in [-0.2, 0) is 0 Å². The van der Waals surface area contributed by atoms with Crippen molar-refractivity contribution >= 4 is 0 Å². The van der Waals surface area contributed by atoms with E-state index < -0.39 is 0 Å². The number of allylic oxidation sites excluding steroid dienone is 6. The molecule has 0 radical (unpaired) electrons. The molecule has 0 unspecified atom stereocenters. The van der Waals surface area contributed by atoms with Gasteiger partial charge in [0, 0.05) is 0 Å². The number of hydrogen-bond donors (Lipinski definition) is 0. The molecule has 0 N–H and O–H groups in total. The molecule has 2 rings (SSSR count). The molecule has 2 aliphatic rings. The highest BCUT2D eigenvalue weighted by Gasteiger charge is 2.09. The fourth-order valence-electron chi connectivity index (χ4n) is 1.49. The third kappa shape index (κ3) is 3.99. The monoisotopic (exact) mass is 239 g/mol.